The van der Waals surface area contributed by atoms with Crippen LogP contribution in [0.4, 0.5) is 4.79 Å². The molecule has 3 rings (SSSR count). The Kier molecular flexibility index (Phi) is 7.35. The second-order valence-corrected chi connectivity index (χ2v) is 8.38. The van der Waals surface area contributed by atoms with E-state index in [0.29, 0.717) is 12.3 Å². The molecule has 0 unspecified atom stereocenters. The molecule has 3 amide bonds. The van der Waals surface area contributed by atoms with E-state index in [2.05, 4.69) is 35.6 Å². The van der Waals surface area contributed by atoms with Crippen molar-refractivity contribution in [1.82, 2.24) is 15.1 Å². The fraction of sp³-hybridized carbons (Fsp3) is 0.652. The Hall–Kier alpha value is -2.04. The summed E-state index contributed by atoms with van der Waals surface area (Å²) in [5, 5.41) is 3.25. The van der Waals surface area contributed by atoms with E-state index in [1.54, 1.807) is 0 Å². The summed E-state index contributed by atoms with van der Waals surface area (Å²) < 4.78 is 0. The molecule has 0 aromatic heterocycles. The average molecular weight is 386 g/mol. The number of carbonyl (C=O) groups excluding carboxylic acids is 2. The van der Waals surface area contributed by atoms with E-state index in [-0.39, 0.29) is 24.0 Å². The normalized spacial score (nSPS) is 23.3. The van der Waals surface area contributed by atoms with Gasteiger partial charge in [0.05, 0.1) is 0 Å². The summed E-state index contributed by atoms with van der Waals surface area (Å²) in [4.78, 5) is 28.6. The first kappa shape index (κ1) is 20.7. The molecule has 1 N–H and O–H groups in total. The zero-order chi connectivity index (χ0) is 19.9. The lowest BCUT2D eigenvalue weighted by Crippen LogP contribution is -2.52. The van der Waals surface area contributed by atoms with E-state index in [4.69, 9.17) is 0 Å². The average Bonchev–Trinajstić information content (AvgIpc) is 2.74. The molecule has 5 heteroatoms. The van der Waals surface area contributed by atoms with Crippen LogP contribution in [-0.2, 0) is 4.79 Å². The van der Waals surface area contributed by atoms with E-state index in [9.17, 15) is 9.59 Å². The number of amides is 3. The molecule has 1 aromatic carbocycles. The number of benzene rings is 1. The van der Waals surface area contributed by atoms with Crippen LogP contribution in [0.25, 0.3) is 0 Å². The number of hydrogen-bond acceptors (Lipinski definition) is 2. The largest absolute Gasteiger partial charge is 0.343 e. The number of likely N-dealkylation sites (tertiary alicyclic amines) is 1. The lowest BCUT2D eigenvalue weighted by Gasteiger charge is -2.38. The van der Waals surface area contributed by atoms with Gasteiger partial charge in [0.25, 0.3) is 0 Å². The van der Waals surface area contributed by atoms with Gasteiger partial charge in [0.2, 0.25) is 5.91 Å². The van der Waals surface area contributed by atoms with E-state index >= 15 is 0 Å². The monoisotopic (exact) mass is 385 g/mol. The zero-order valence-electron chi connectivity index (χ0n) is 17.4. The maximum absolute atomic E-state index is 12.7. The van der Waals surface area contributed by atoms with Crippen LogP contribution in [0.2, 0.25) is 0 Å². The summed E-state index contributed by atoms with van der Waals surface area (Å²) in [5.41, 5.74) is 1.42. The highest BCUT2D eigenvalue weighted by Gasteiger charge is 2.29. The molecule has 1 aliphatic heterocycles. The first-order chi connectivity index (χ1) is 13.6. The second kappa shape index (κ2) is 9.94. The minimum atomic E-state index is 0.0431. The van der Waals surface area contributed by atoms with Gasteiger partial charge in [-0.25, -0.2) is 4.79 Å². The highest BCUT2D eigenvalue weighted by molar-refractivity contribution is 5.76. The van der Waals surface area contributed by atoms with Crippen molar-refractivity contribution in [2.75, 3.05) is 20.1 Å². The maximum Gasteiger partial charge on any atom is 0.317 e. The third-order valence-corrected chi connectivity index (χ3v) is 6.47. The van der Waals surface area contributed by atoms with Gasteiger partial charge in [0, 0.05) is 38.6 Å². The lowest BCUT2D eigenvalue weighted by atomic mass is 9.82. The Morgan fingerprint density at radius 1 is 1.04 bits per heavy atom. The molecular formula is C23H35N3O2. The maximum atomic E-state index is 12.7. The van der Waals surface area contributed by atoms with E-state index in [0.717, 1.165) is 58.0 Å². The number of piperidine rings is 1. The van der Waals surface area contributed by atoms with Crippen molar-refractivity contribution in [1.29, 1.82) is 0 Å². The van der Waals surface area contributed by atoms with Crippen molar-refractivity contribution in [3.05, 3.63) is 35.9 Å². The summed E-state index contributed by atoms with van der Waals surface area (Å²) in [6, 6.07) is 11.3. The fourth-order valence-corrected chi connectivity index (χ4v) is 4.61. The van der Waals surface area contributed by atoms with E-state index in [1.165, 1.54) is 5.56 Å². The minimum Gasteiger partial charge on any atom is -0.343 e. The van der Waals surface area contributed by atoms with Gasteiger partial charge in [-0.2, -0.15) is 0 Å². The van der Waals surface area contributed by atoms with Gasteiger partial charge in [-0.3, -0.25) is 4.79 Å². The van der Waals surface area contributed by atoms with E-state index < -0.39 is 0 Å². The predicted octanol–water partition coefficient (Wildman–Crippen LogP) is 4.15. The van der Waals surface area contributed by atoms with Crippen LogP contribution in [0, 0.1) is 0 Å². The summed E-state index contributed by atoms with van der Waals surface area (Å²) in [6.45, 7) is 3.57. The number of carbonyl (C=O) groups is 2. The molecule has 2 aliphatic rings. The summed E-state index contributed by atoms with van der Waals surface area (Å²) >= 11 is 0. The molecule has 1 saturated heterocycles. The van der Waals surface area contributed by atoms with Crippen molar-refractivity contribution in [2.45, 2.75) is 76.3 Å². The zero-order valence-corrected chi connectivity index (χ0v) is 17.4. The van der Waals surface area contributed by atoms with Crippen LogP contribution in [-0.4, -0.2) is 54.0 Å². The Bertz CT molecular complexity index is 633. The summed E-state index contributed by atoms with van der Waals surface area (Å²) in [5.74, 6) is 0.875. The molecule has 1 aliphatic carbocycles. The van der Waals surface area contributed by atoms with Crippen molar-refractivity contribution < 1.29 is 9.59 Å². The van der Waals surface area contributed by atoms with Gasteiger partial charge >= 0.3 is 6.03 Å². The molecule has 154 valence electrons. The highest BCUT2D eigenvalue weighted by Crippen LogP contribution is 2.32. The van der Waals surface area contributed by atoms with Gasteiger partial charge in [0.15, 0.2) is 0 Å². The van der Waals surface area contributed by atoms with Crippen LogP contribution < -0.4 is 5.32 Å². The standard InChI is InChI=1S/C23H35N3O2/c1-3-7-22(27)26-16-14-21(15-17-26)25(2)23(28)24-20-12-10-19(11-13-20)18-8-5-4-6-9-18/h4-6,8-9,19-21H,3,7,10-17H2,1-2H3,(H,24,28). The fourth-order valence-electron chi connectivity index (χ4n) is 4.61. The Morgan fingerprint density at radius 2 is 1.68 bits per heavy atom. The number of urea groups is 1. The molecule has 0 bridgehead atoms. The lowest BCUT2D eigenvalue weighted by molar-refractivity contribution is -0.132. The first-order valence-corrected chi connectivity index (χ1v) is 10.9. The third-order valence-electron chi connectivity index (χ3n) is 6.47. The van der Waals surface area contributed by atoms with Crippen molar-refractivity contribution in [3.8, 4) is 0 Å². The van der Waals surface area contributed by atoms with Crippen LogP contribution in [0.1, 0.15) is 69.8 Å². The van der Waals surface area contributed by atoms with Gasteiger partial charge in [-0.15, -0.1) is 0 Å². The Balaban J connectivity index is 1.41. The van der Waals surface area contributed by atoms with Crippen molar-refractivity contribution in [2.24, 2.45) is 0 Å². The smallest absolute Gasteiger partial charge is 0.317 e. The third kappa shape index (κ3) is 5.27. The van der Waals surface area contributed by atoms with Crippen molar-refractivity contribution in [3.63, 3.8) is 0 Å². The number of rotatable bonds is 5. The second-order valence-electron chi connectivity index (χ2n) is 8.38. The molecular weight excluding hydrogens is 350 g/mol. The van der Waals surface area contributed by atoms with Gasteiger partial charge in [-0.1, -0.05) is 37.3 Å². The number of nitrogens with zero attached hydrogens (tertiary/aromatic N) is 2. The highest BCUT2D eigenvalue weighted by atomic mass is 16.2. The predicted molar refractivity (Wildman–Crippen MR) is 112 cm³/mol. The summed E-state index contributed by atoms with van der Waals surface area (Å²) in [7, 11) is 1.90. The number of hydrogen-bond donors (Lipinski definition) is 1. The quantitative estimate of drug-likeness (QED) is 0.828. The molecule has 0 spiro atoms. The SMILES string of the molecule is CCCC(=O)N1CCC(N(C)C(=O)NC2CCC(c3ccccc3)CC2)CC1. The van der Waals surface area contributed by atoms with Gasteiger partial charge < -0.3 is 15.1 Å². The Morgan fingerprint density at radius 3 is 2.29 bits per heavy atom. The van der Waals surface area contributed by atoms with Gasteiger partial charge in [-0.05, 0) is 56.4 Å². The van der Waals surface area contributed by atoms with E-state index in [1.807, 2.05) is 23.8 Å². The number of nitrogens with one attached hydrogen (secondary N) is 1. The molecule has 28 heavy (non-hydrogen) atoms. The van der Waals surface area contributed by atoms with Crippen LogP contribution >= 0.6 is 0 Å². The van der Waals surface area contributed by atoms with Crippen LogP contribution in [0.5, 0.6) is 0 Å². The minimum absolute atomic E-state index is 0.0431. The van der Waals surface area contributed by atoms with Crippen LogP contribution in [0.3, 0.4) is 0 Å². The summed E-state index contributed by atoms with van der Waals surface area (Å²) in [6.07, 6.45) is 7.64. The Labute approximate surface area is 169 Å². The molecule has 0 atom stereocenters. The molecule has 1 aromatic rings. The molecule has 5 nitrogen and oxygen atoms in total. The molecule has 1 heterocycles. The first-order valence-electron chi connectivity index (χ1n) is 10.9. The van der Waals surface area contributed by atoms with Crippen LogP contribution in [0.15, 0.2) is 30.3 Å². The molecule has 0 radical (unpaired) electrons. The van der Waals surface area contributed by atoms with Gasteiger partial charge in [0.1, 0.15) is 0 Å². The molecule has 2 fully saturated rings. The van der Waals surface area contributed by atoms with Crippen molar-refractivity contribution >= 4 is 11.9 Å². The topological polar surface area (TPSA) is 52.7 Å². The molecule has 1 saturated carbocycles.